The van der Waals surface area contributed by atoms with Crippen LogP contribution in [0.3, 0.4) is 0 Å². The van der Waals surface area contributed by atoms with Crippen LogP contribution in [0, 0.1) is 6.92 Å². The van der Waals surface area contributed by atoms with Crippen LogP contribution in [-0.4, -0.2) is 5.25 Å². The summed E-state index contributed by atoms with van der Waals surface area (Å²) < 4.78 is 5.96. The minimum atomic E-state index is -0.0740. The molecule has 2 heterocycles. The van der Waals surface area contributed by atoms with Crippen LogP contribution in [0.15, 0.2) is 57.8 Å². The molecule has 0 saturated heterocycles. The highest BCUT2D eigenvalue weighted by Crippen LogP contribution is 2.42. The lowest BCUT2D eigenvalue weighted by atomic mass is 10.0. The first-order chi connectivity index (χ1) is 10.2. The number of fused-ring (bicyclic) bond motifs is 2. The zero-order chi connectivity index (χ0) is 14.4. The summed E-state index contributed by atoms with van der Waals surface area (Å²) in [6.45, 7) is 2.09. The lowest BCUT2D eigenvalue weighted by Crippen LogP contribution is -2.22. The van der Waals surface area contributed by atoms with Gasteiger partial charge in [-0.15, -0.1) is 11.8 Å². The summed E-state index contributed by atoms with van der Waals surface area (Å²) in [5.41, 5.74) is 10.0. The molecule has 0 spiro atoms. The quantitative estimate of drug-likeness (QED) is 0.758. The van der Waals surface area contributed by atoms with Crippen molar-refractivity contribution in [2.75, 3.05) is 0 Å². The lowest BCUT2D eigenvalue weighted by molar-refractivity contribution is 0.486. The van der Waals surface area contributed by atoms with Gasteiger partial charge < -0.3 is 10.2 Å². The van der Waals surface area contributed by atoms with Gasteiger partial charge in [0.25, 0.3) is 0 Å². The van der Waals surface area contributed by atoms with Gasteiger partial charge in [0.2, 0.25) is 0 Å². The Morgan fingerprint density at radius 1 is 1.19 bits per heavy atom. The molecule has 2 unspecified atom stereocenters. The van der Waals surface area contributed by atoms with Crippen molar-refractivity contribution in [3.05, 3.63) is 65.4 Å². The van der Waals surface area contributed by atoms with E-state index >= 15 is 0 Å². The fraction of sp³-hybridized carbons (Fsp3) is 0.222. The van der Waals surface area contributed by atoms with Gasteiger partial charge in [-0.05, 0) is 43.2 Å². The van der Waals surface area contributed by atoms with Crippen LogP contribution in [0.25, 0.3) is 11.0 Å². The Morgan fingerprint density at radius 3 is 2.90 bits per heavy atom. The Morgan fingerprint density at radius 2 is 2.05 bits per heavy atom. The molecule has 2 aromatic carbocycles. The van der Waals surface area contributed by atoms with E-state index in [0.717, 1.165) is 23.2 Å². The lowest BCUT2D eigenvalue weighted by Gasteiger charge is -2.15. The van der Waals surface area contributed by atoms with E-state index in [4.69, 9.17) is 10.2 Å². The Hall–Kier alpha value is -1.71. The Labute approximate surface area is 128 Å². The van der Waals surface area contributed by atoms with Crippen LogP contribution in [0.2, 0.25) is 0 Å². The van der Waals surface area contributed by atoms with Crippen LogP contribution < -0.4 is 5.73 Å². The monoisotopic (exact) mass is 295 g/mol. The normalized spacial score (nSPS) is 18.9. The van der Waals surface area contributed by atoms with E-state index in [0.29, 0.717) is 5.25 Å². The van der Waals surface area contributed by atoms with Crippen molar-refractivity contribution in [1.82, 2.24) is 0 Å². The highest BCUT2D eigenvalue weighted by Gasteiger charge is 2.29. The zero-order valence-electron chi connectivity index (χ0n) is 11.9. The molecule has 0 aliphatic carbocycles. The van der Waals surface area contributed by atoms with E-state index in [-0.39, 0.29) is 6.04 Å². The van der Waals surface area contributed by atoms with E-state index < -0.39 is 0 Å². The molecule has 0 saturated carbocycles. The Balaban J connectivity index is 1.64. The molecular formula is C18H17NOS. The maximum atomic E-state index is 6.47. The molecule has 3 aromatic rings. The summed E-state index contributed by atoms with van der Waals surface area (Å²) in [5, 5.41) is 1.49. The predicted molar refractivity (Wildman–Crippen MR) is 87.7 cm³/mol. The highest BCUT2D eigenvalue weighted by molar-refractivity contribution is 8.00. The predicted octanol–water partition coefficient (Wildman–Crippen LogP) is 4.46. The molecule has 1 aliphatic rings. The molecule has 3 heteroatoms. The van der Waals surface area contributed by atoms with Gasteiger partial charge in [0.15, 0.2) is 0 Å². The van der Waals surface area contributed by atoms with Gasteiger partial charge in [-0.3, -0.25) is 0 Å². The molecule has 2 N–H and O–H groups in total. The minimum absolute atomic E-state index is 0.0740. The molecular weight excluding hydrogens is 278 g/mol. The van der Waals surface area contributed by atoms with E-state index in [9.17, 15) is 0 Å². The standard InChI is InChI=1S/C18H17NOS/c1-11-6-7-14-13(8-11)9-15(20-14)18(19)17-10-12-4-2-3-5-16(12)21-17/h2-9,17-18H,10,19H2,1H3. The van der Waals surface area contributed by atoms with Gasteiger partial charge >= 0.3 is 0 Å². The third-order valence-electron chi connectivity index (χ3n) is 4.09. The third-order valence-corrected chi connectivity index (χ3v) is 5.51. The summed E-state index contributed by atoms with van der Waals surface area (Å²) in [6.07, 6.45) is 1.01. The van der Waals surface area contributed by atoms with E-state index in [2.05, 4.69) is 49.4 Å². The first-order valence-corrected chi connectivity index (χ1v) is 8.09. The number of aryl methyl sites for hydroxylation is 1. The highest BCUT2D eigenvalue weighted by atomic mass is 32.2. The number of benzene rings is 2. The van der Waals surface area contributed by atoms with Gasteiger partial charge in [0.05, 0.1) is 6.04 Å². The smallest absolute Gasteiger partial charge is 0.134 e. The maximum absolute atomic E-state index is 6.47. The largest absolute Gasteiger partial charge is 0.459 e. The maximum Gasteiger partial charge on any atom is 0.134 e. The zero-order valence-corrected chi connectivity index (χ0v) is 12.7. The van der Waals surface area contributed by atoms with Crippen molar-refractivity contribution >= 4 is 22.7 Å². The SMILES string of the molecule is Cc1ccc2oc(C(N)C3Cc4ccccc4S3)cc2c1. The van der Waals surface area contributed by atoms with E-state index in [1.807, 2.05) is 17.8 Å². The van der Waals surface area contributed by atoms with Gasteiger partial charge in [0.1, 0.15) is 11.3 Å². The van der Waals surface area contributed by atoms with Crippen LogP contribution >= 0.6 is 11.8 Å². The van der Waals surface area contributed by atoms with Crippen molar-refractivity contribution in [2.45, 2.75) is 29.5 Å². The van der Waals surface area contributed by atoms with Crippen LogP contribution in [0.1, 0.15) is 22.9 Å². The molecule has 2 atom stereocenters. The van der Waals surface area contributed by atoms with Crippen LogP contribution in [-0.2, 0) is 6.42 Å². The Bertz CT molecular complexity index is 783. The van der Waals surface area contributed by atoms with Crippen molar-refractivity contribution < 1.29 is 4.42 Å². The first kappa shape index (κ1) is 13.0. The number of nitrogens with two attached hydrogens (primary N) is 1. The van der Waals surface area contributed by atoms with Gasteiger partial charge in [-0.1, -0.05) is 29.8 Å². The Kier molecular flexibility index (Phi) is 3.05. The average molecular weight is 295 g/mol. The summed E-state index contributed by atoms with van der Waals surface area (Å²) in [4.78, 5) is 1.35. The number of thioether (sulfide) groups is 1. The van der Waals surface area contributed by atoms with E-state index in [1.54, 1.807) is 0 Å². The molecule has 0 fully saturated rings. The fourth-order valence-electron chi connectivity index (χ4n) is 2.94. The summed E-state index contributed by atoms with van der Waals surface area (Å²) in [6, 6.07) is 16.8. The van der Waals surface area contributed by atoms with Crippen molar-refractivity contribution in [1.29, 1.82) is 0 Å². The molecule has 0 amide bonds. The number of furan rings is 1. The van der Waals surface area contributed by atoms with Crippen LogP contribution in [0.4, 0.5) is 0 Å². The molecule has 21 heavy (non-hydrogen) atoms. The number of rotatable bonds is 2. The van der Waals surface area contributed by atoms with Crippen molar-refractivity contribution in [3.63, 3.8) is 0 Å². The van der Waals surface area contributed by atoms with Crippen molar-refractivity contribution in [2.24, 2.45) is 5.73 Å². The molecule has 2 nitrogen and oxygen atoms in total. The second-order valence-electron chi connectivity index (χ2n) is 5.68. The molecule has 106 valence electrons. The fourth-order valence-corrected chi connectivity index (χ4v) is 4.27. The van der Waals surface area contributed by atoms with Gasteiger partial charge in [0, 0.05) is 15.5 Å². The van der Waals surface area contributed by atoms with Crippen LogP contribution in [0.5, 0.6) is 0 Å². The van der Waals surface area contributed by atoms with Gasteiger partial charge in [-0.25, -0.2) is 0 Å². The second kappa shape index (κ2) is 4.93. The average Bonchev–Trinajstić information content (AvgIpc) is 3.09. The summed E-state index contributed by atoms with van der Waals surface area (Å²) in [7, 11) is 0. The summed E-state index contributed by atoms with van der Waals surface area (Å²) in [5.74, 6) is 0.890. The first-order valence-electron chi connectivity index (χ1n) is 7.21. The third kappa shape index (κ3) is 2.27. The molecule has 1 aromatic heterocycles. The van der Waals surface area contributed by atoms with E-state index in [1.165, 1.54) is 16.0 Å². The summed E-state index contributed by atoms with van der Waals surface area (Å²) >= 11 is 1.87. The van der Waals surface area contributed by atoms with Gasteiger partial charge in [-0.2, -0.15) is 0 Å². The molecule has 0 radical (unpaired) electrons. The number of hydrogen-bond donors (Lipinski definition) is 1. The minimum Gasteiger partial charge on any atom is -0.459 e. The molecule has 1 aliphatic heterocycles. The molecule has 0 bridgehead atoms. The molecule has 4 rings (SSSR count). The number of hydrogen-bond acceptors (Lipinski definition) is 3. The second-order valence-corrected chi connectivity index (χ2v) is 6.97. The van der Waals surface area contributed by atoms with Crippen molar-refractivity contribution in [3.8, 4) is 0 Å². The topological polar surface area (TPSA) is 39.2 Å².